The van der Waals surface area contributed by atoms with Crippen molar-refractivity contribution in [2.24, 2.45) is 5.73 Å². The number of carbonyl (C=O) groups excluding carboxylic acids is 1. The molecule has 1 amide bonds. The lowest BCUT2D eigenvalue weighted by atomic mass is 9.96. The third kappa shape index (κ3) is 2.50. The second kappa shape index (κ2) is 5.88. The number of aromatic amines is 1. The minimum atomic E-state index is -0.326. The average molecular weight is 300 g/mol. The highest BCUT2D eigenvalue weighted by Crippen LogP contribution is 2.20. The fraction of sp³-hybridized carbons (Fsp3) is 0.438. The van der Waals surface area contributed by atoms with E-state index in [0.29, 0.717) is 17.4 Å². The number of hydrogen-bond acceptors (Lipinski definition) is 4. The second-order valence-corrected chi connectivity index (χ2v) is 5.87. The van der Waals surface area contributed by atoms with E-state index in [0.717, 1.165) is 19.3 Å². The smallest absolute Gasteiger partial charge is 0.278 e. The van der Waals surface area contributed by atoms with E-state index >= 15 is 0 Å². The normalized spacial score (nSPS) is 20.1. The van der Waals surface area contributed by atoms with Crippen LogP contribution in [0.4, 0.5) is 0 Å². The first kappa shape index (κ1) is 14.7. The van der Waals surface area contributed by atoms with E-state index in [4.69, 9.17) is 5.73 Å². The first-order valence-electron chi connectivity index (χ1n) is 7.63. The van der Waals surface area contributed by atoms with Crippen LogP contribution in [0.1, 0.15) is 36.7 Å². The molecular weight excluding hydrogens is 280 g/mol. The molecular formula is C16H20N4O2. The molecule has 2 atom stereocenters. The number of rotatable bonds is 2. The minimum absolute atomic E-state index is 0.0334. The van der Waals surface area contributed by atoms with Gasteiger partial charge in [-0.15, -0.1) is 0 Å². The molecule has 3 rings (SSSR count). The Morgan fingerprint density at radius 1 is 1.41 bits per heavy atom. The Kier molecular flexibility index (Phi) is 3.94. The Morgan fingerprint density at radius 2 is 2.18 bits per heavy atom. The number of nitrogens with zero attached hydrogens (tertiary/aromatic N) is 2. The summed E-state index contributed by atoms with van der Waals surface area (Å²) in [5.41, 5.74) is 6.26. The van der Waals surface area contributed by atoms with Crippen molar-refractivity contribution in [3.63, 3.8) is 0 Å². The largest absolute Gasteiger partial charge is 0.333 e. The lowest BCUT2D eigenvalue weighted by molar-refractivity contribution is 0.0575. The van der Waals surface area contributed by atoms with Crippen molar-refractivity contribution in [3.8, 4) is 0 Å². The standard InChI is InChI=1S/C16H20N4O2/c1-10(17)13-8-4-5-9-20(13)16(22)14-15(21)11-6-2-3-7-12(11)18-19-14/h2-3,6-7,10,13H,4-5,8-9,17H2,1H3,(H,18,21)/t10-,13+/m0/s1. The van der Waals surface area contributed by atoms with Gasteiger partial charge in [-0.25, -0.2) is 0 Å². The van der Waals surface area contributed by atoms with E-state index in [2.05, 4.69) is 10.2 Å². The molecule has 1 aliphatic rings. The van der Waals surface area contributed by atoms with Crippen LogP contribution in [0, 0.1) is 0 Å². The van der Waals surface area contributed by atoms with Gasteiger partial charge >= 0.3 is 0 Å². The van der Waals surface area contributed by atoms with Crippen molar-refractivity contribution in [1.29, 1.82) is 0 Å². The maximum atomic E-state index is 12.8. The topological polar surface area (TPSA) is 92.1 Å². The Balaban J connectivity index is 2.01. The molecule has 0 unspecified atom stereocenters. The molecule has 0 bridgehead atoms. The van der Waals surface area contributed by atoms with Crippen LogP contribution in [0.25, 0.3) is 10.9 Å². The van der Waals surface area contributed by atoms with Crippen molar-refractivity contribution in [1.82, 2.24) is 15.1 Å². The molecule has 3 N–H and O–H groups in total. The number of nitrogens with one attached hydrogen (secondary N) is 1. The molecule has 116 valence electrons. The van der Waals surface area contributed by atoms with Gasteiger partial charge in [0, 0.05) is 24.0 Å². The molecule has 0 radical (unpaired) electrons. The van der Waals surface area contributed by atoms with Gasteiger partial charge in [0.05, 0.1) is 5.52 Å². The summed E-state index contributed by atoms with van der Waals surface area (Å²) < 4.78 is 0. The van der Waals surface area contributed by atoms with Crippen LogP contribution in [-0.2, 0) is 0 Å². The van der Waals surface area contributed by atoms with Crippen molar-refractivity contribution in [2.45, 2.75) is 38.3 Å². The van der Waals surface area contributed by atoms with Gasteiger partial charge in [0.1, 0.15) is 0 Å². The summed E-state index contributed by atoms with van der Waals surface area (Å²) in [6.45, 7) is 2.52. The van der Waals surface area contributed by atoms with E-state index in [1.807, 2.05) is 13.0 Å². The number of nitrogens with two attached hydrogens (primary N) is 1. The van der Waals surface area contributed by atoms with Crippen molar-refractivity contribution in [3.05, 3.63) is 40.2 Å². The number of H-pyrrole nitrogens is 1. The number of benzene rings is 1. The van der Waals surface area contributed by atoms with Gasteiger partial charge in [0.25, 0.3) is 5.91 Å². The fourth-order valence-corrected chi connectivity index (χ4v) is 3.11. The molecule has 6 heteroatoms. The predicted octanol–water partition coefficient (Wildman–Crippen LogP) is 1.26. The van der Waals surface area contributed by atoms with Crippen LogP contribution in [-0.4, -0.2) is 39.6 Å². The highest BCUT2D eigenvalue weighted by atomic mass is 16.2. The zero-order valence-corrected chi connectivity index (χ0v) is 12.6. The third-order valence-corrected chi connectivity index (χ3v) is 4.29. The number of aromatic nitrogens is 2. The van der Waals surface area contributed by atoms with E-state index in [-0.39, 0.29) is 29.1 Å². The van der Waals surface area contributed by atoms with E-state index in [9.17, 15) is 9.59 Å². The summed E-state index contributed by atoms with van der Waals surface area (Å²) in [6.07, 6.45) is 2.85. The van der Waals surface area contributed by atoms with E-state index < -0.39 is 0 Å². The molecule has 1 aromatic carbocycles. The highest BCUT2D eigenvalue weighted by molar-refractivity contribution is 5.95. The Morgan fingerprint density at radius 3 is 2.95 bits per heavy atom. The molecule has 0 spiro atoms. The molecule has 6 nitrogen and oxygen atoms in total. The molecule has 1 aliphatic heterocycles. The molecule has 2 heterocycles. The first-order valence-corrected chi connectivity index (χ1v) is 7.63. The fourth-order valence-electron chi connectivity index (χ4n) is 3.11. The van der Waals surface area contributed by atoms with Crippen LogP contribution in [0.2, 0.25) is 0 Å². The molecule has 1 aromatic heterocycles. The predicted molar refractivity (Wildman–Crippen MR) is 84.7 cm³/mol. The molecule has 1 saturated heterocycles. The molecule has 2 aromatic rings. The second-order valence-electron chi connectivity index (χ2n) is 5.87. The van der Waals surface area contributed by atoms with Crippen LogP contribution in [0.5, 0.6) is 0 Å². The molecule has 1 fully saturated rings. The average Bonchev–Trinajstić information content (AvgIpc) is 2.55. The van der Waals surface area contributed by atoms with Gasteiger partial charge in [-0.2, -0.15) is 5.10 Å². The molecule has 0 saturated carbocycles. The first-order chi connectivity index (χ1) is 10.6. The summed E-state index contributed by atoms with van der Waals surface area (Å²) in [5.74, 6) is -0.325. The maximum Gasteiger partial charge on any atom is 0.278 e. The Hall–Kier alpha value is -2.21. The summed E-state index contributed by atoms with van der Waals surface area (Å²) >= 11 is 0. The summed E-state index contributed by atoms with van der Waals surface area (Å²) in [5, 5.41) is 7.28. The van der Waals surface area contributed by atoms with Crippen LogP contribution in [0.15, 0.2) is 29.1 Å². The van der Waals surface area contributed by atoms with Gasteiger partial charge in [0.2, 0.25) is 5.43 Å². The Labute approximate surface area is 128 Å². The van der Waals surface area contributed by atoms with Gasteiger partial charge in [-0.3, -0.25) is 14.7 Å². The zero-order valence-electron chi connectivity index (χ0n) is 12.6. The molecule has 0 aliphatic carbocycles. The lowest BCUT2D eigenvalue weighted by Gasteiger charge is -2.37. The third-order valence-electron chi connectivity index (χ3n) is 4.29. The van der Waals surface area contributed by atoms with Gasteiger partial charge in [-0.1, -0.05) is 12.1 Å². The van der Waals surface area contributed by atoms with Gasteiger partial charge in [0.15, 0.2) is 5.69 Å². The quantitative estimate of drug-likeness (QED) is 0.873. The lowest BCUT2D eigenvalue weighted by Crippen LogP contribution is -2.52. The van der Waals surface area contributed by atoms with Crippen molar-refractivity contribution < 1.29 is 4.79 Å². The van der Waals surface area contributed by atoms with Crippen LogP contribution < -0.4 is 11.2 Å². The highest BCUT2D eigenvalue weighted by Gasteiger charge is 2.32. The van der Waals surface area contributed by atoms with Crippen LogP contribution in [0.3, 0.4) is 0 Å². The molecule has 22 heavy (non-hydrogen) atoms. The minimum Gasteiger partial charge on any atom is -0.333 e. The number of hydrogen-bond donors (Lipinski definition) is 2. The number of carbonyl (C=O) groups is 1. The summed E-state index contributed by atoms with van der Waals surface area (Å²) in [6, 6.07) is 6.91. The number of fused-ring (bicyclic) bond motifs is 1. The monoisotopic (exact) mass is 300 g/mol. The SMILES string of the molecule is C[C@H](N)[C@H]1CCCCN1C(=O)c1n[nH]c2ccccc2c1=O. The zero-order chi connectivity index (χ0) is 15.7. The van der Waals surface area contributed by atoms with E-state index in [1.54, 1.807) is 23.1 Å². The Bertz CT molecular complexity index is 753. The van der Waals surface area contributed by atoms with Gasteiger partial charge in [-0.05, 0) is 38.3 Å². The number of piperidine rings is 1. The van der Waals surface area contributed by atoms with Gasteiger partial charge < -0.3 is 10.6 Å². The van der Waals surface area contributed by atoms with Crippen molar-refractivity contribution >= 4 is 16.8 Å². The van der Waals surface area contributed by atoms with Crippen LogP contribution >= 0.6 is 0 Å². The maximum absolute atomic E-state index is 12.8. The number of para-hydroxylation sites is 1. The summed E-state index contributed by atoms with van der Waals surface area (Å²) in [4.78, 5) is 27.0. The summed E-state index contributed by atoms with van der Waals surface area (Å²) in [7, 11) is 0. The number of amides is 1. The van der Waals surface area contributed by atoms with Crippen molar-refractivity contribution in [2.75, 3.05) is 6.54 Å². The van der Waals surface area contributed by atoms with E-state index in [1.165, 1.54) is 0 Å². The number of likely N-dealkylation sites (tertiary alicyclic amines) is 1.